The predicted molar refractivity (Wildman–Crippen MR) is 97.1 cm³/mol. The second kappa shape index (κ2) is 7.95. The first-order valence-electron chi connectivity index (χ1n) is 9.05. The molecule has 2 saturated heterocycles. The number of nitrogens with zero attached hydrogens (tertiary/aromatic N) is 2. The van der Waals surface area contributed by atoms with Crippen molar-refractivity contribution in [2.45, 2.75) is 37.2 Å². The Balaban J connectivity index is 1.86. The van der Waals surface area contributed by atoms with Crippen molar-refractivity contribution in [2.75, 3.05) is 32.8 Å². The number of aliphatic carboxylic acids is 1. The number of carboxylic acids is 1. The third kappa shape index (κ3) is 4.15. The van der Waals surface area contributed by atoms with Crippen LogP contribution in [0.2, 0.25) is 0 Å². The topological polar surface area (TPSA) is 104 Å². The molecule has 2 fully saturated rings. The first kappa shape index (κ1) is 19.8. The molecule has 1 atom stereocenters. The smallest absolute Gasteiger partial charge is 0.334 e. The average molecular weight is 396 g/mol. The van der Waals surface area contributed by atoms with E-state index in [4.69, 9.17) is 9.84 Å². The molecule has 148 valence electrons. The summed E-state index contributed by atoms with van der Waals surface area (Å²) < 4.78 is 32.6. The van der Waals surface area contributed by atoms with Gasteiger partial charge in [0, 0.05) is 25.2 Å². The van der Waals surface area contributed by atoms with Gasteiger partial charge in [-0.3, -0.25) is 4.79 Å². The number of hydrogen-bond acceptors (Lipinski definition) is 5. The summed E-state index contributed by atoms with van der Waals surface area (Å²) in [6, 6.07) is 4.62. The lowest BCUT2D eigenvalue weighted by atomic mass is 10.1. The zero-order valence-corrected chi connectivity index (χ0v) is 16.1. The fraction of sp³-hybridized carbons (Fsp3) is 0.556. The van der Waals surface area contributed by atoms with Crippen molar-refractivity contribution in [1.29, 1.82) is 0 Å². The summed E-state index contributed by atoms with van der Waals surface area (Å²) >= 11 is 0. The first-order valence-corrected chi connectivity index (χ1v) is 10.5. The van der Waals surface area contributed by atoms with Crippen LogP contribution in [0.25, 0.3) is 0 Å². The highest BCUT2D eigenvalue weighted by Gasteiger charge is 2.31. The molecule has 1 aromatic carbocycles. The number of carboxylic acid groups (broad SMARTS) is 1. The van der Waals surface area contributed by atoms with Gasteiger partial charge >= 0.3 is 5.97 Å². The number of piperidine rings is 1. The molecule has 1 N–H and O–H groups in total. The molecule has 1 unspecified atom stereocenters. The largest absolute Gasteiger partial charge is 0.479 e. The van der Waals surface area contributed by atoms with Crippen LogP contribution >= 0.6 is 0 Å². The number of carbonyl (C=O) groups is 2. The number of amides is 1. The van der Waals surface area contributed by atoms with E-state index in [1.54, 1.807) is 19.1 Å². The van der Waals surface area contributed by atoms with E-state index < -0.39 is 22.1 Å². The van der Waals surface area contributed by atoms with E-state index in [0.717, 1.165) is 19.3 Å². The summed E-state index contributed by atoms with van der Waals surface area (Å²) in [6.45, 7) is 3.03. The van der Waals surface area contributed by atoms with Crippen LogP contribution in [0.1, 0.15) is 35.2 Å². The van der Waals surface area contributed by atoms with Crippen LogP contribution in [-0.2, 0) is 19.6 Å². The third-order valence-corrected chi connectivity index (χ3v) is 7.04. The van der Waals surface area contributed by atoms with E-state index in [1.807, 2.05) is 0 Å². The Bertz CT molecular complexity index is 832. The van der Waals surface area contributed by atoms with Gasteiger partial charge < -0.3 is 14.7 Å². The highest BCUT2D eigenvalue weighted by atomic mass is 32.2. The molecule has 0 spiro atoms. The molecule has 0 radical (unpaired) electrons. The van der Waals surface area contributed by atoms with Crippen LogP contribution in [0, 0.1) is 6.92 Å². The van der Waals surface area contributed by atoms with E-state index in [9.17, 15) is 18.0 Å². The molecular weight excluding hydrogens is 372 g/mol. The van der Waals surface area contributed by atoms with Crippen molar-refractivity contribution in [1.82, 2.24) is 9.21 Å². The van der Waals surface area contributed by atoms with Gasteiger partial charge in [0.25, 0.3) is 5.91 Å². The molecule has 0 bridgehead atoms. The minimum absolute atomic E-state index is 0.0593. The van der Waals surface area contributed by atoms with Gasteiger partial charge in [-0.2, -0.15) is 4.31 Å². The Kier molecular flexibility index (Phi) is 5.83. The minimum Gasteiger partial charge on any atom is -0.479 e. The molecule has 0 aliphatic carbocycles. The fourth-order valence-corrected chi connectivity index (χ4v) is 5.19. The van der Waals surface area contributed by atoms with E-state index in [1.165, 1.54) is 15.3 Å². The molecule has 2 aliphatic rings. The zero-order chi connectivity index (χ0) is 19.6. The van der Waals surface area contributed by atoms with Crippen molar-refractivity contribution >= 4 is 21.9 Å². The maximum Gasteiger partial charge on any atom is 0.334 e. The lowest BCUT2D eigenvalue weighted by Crippen LogP contribution is -2.48. The highest BCUT2D eigenvalue weighted by Crippen LogP contribution is 2.25. The molecule has 2 heterocycles. The number of aryl methyl sites for hydroxylation is 1. The highest BCUT2D eigenvalue weighted by molar-refractivity contribution is 7.89. The van der Waals surface area contributed by atoms with Crippen molar-refractivity contribution in [2.24, 2.45) is 0 Å². The predicted octanol–water partition coefficient (Wildman–Crippen LogP) is 1.10. The quantitative estimate of drug-likeness (QED) is 0.817. The number of carbonyl (C=O) groups excluding carboxylic acids is 1. The fourth-order valence-electron chi connectivity index (χ4n) is 3.42. The van der Waals surface area contributed by atoms with Gasteiger partial charge in [0.05, 0.1) is 18.0 Å². The Morgan fingerprint density at radius 2 is 1.85 bits per heavy atom. The van der Waals surface area contributed by atoms with Gasteiger partial charge in [-0.1, -0.05) is 12.5 Å². The van der Waals surface area contributed by atoms with E-state index in [2.05, 4.69) is 0 Å². The third-order valence-electron chi connectivity index (χ3n) is 5.00. The molecule has 8 nitrogen and oxygen atoms in total. The van der Waals surface area contributed by atoms with E-state index >= 15 is 0 Å². The van der Waals surface area contributed by atoms with Gasteiger partial charge in [0.1, 0.15) is 0 Å². The molecular formula is C18H24N2O6S. The Hall–Kier alpha value is -1.97. The van der Waals surface area contributed by atoms with Crippen molar-refractivity contribution in [3.05, 3.63) is 29.3 Å². The van der Waals surface area contributed by atoms with Crippen molar-refractivity contribution in [3.63, 3.8) is 0 Å². The van der Waals surface area contributed by atoms with Gasteiger partial charge in [0.15, 0.2) is 6.10 Å². The molecule has 0 saturated carbocycles. The maximum atomic E-state index is 13.0. The SMILES string of the molecule is Cc1ccc(C(=O)N2CCOC(C(=O)O)C2)cc1S(=O)(=O)N1CCCCC1. The molecule has 27 heavy (non-hydrogen) atoms. The summed E-state index contributed by atoms with van der Waals surface area (Å²) in [4.78, 5) is 25.5. The molecule has 0 aromatic heterocycles. The van der Waals surface area contributed by atoms with Crippen LogP contribution in [0.5, 0.6) is 0 Å². The van der Waals surface area contributed by atoms with Crippen LogP contribution in [0.4, 0.5) is 0 Å². The second-order valence-electron chi connectivity index (χ2n) is 6.89. The molecule has 2 aliphatic heterocycles. The maximum absolute atomic E-state index is 13.0. The number of morpholine rings is 1. The van der Waals surface area contributed by atoms with Crippen molar-refractivity contribution < 1.29 is 27.9 Å². The van der Waals surface area contributed by atoms with Crippen LogP contribution in [0.15, 0.2) is 23.1 Å². The number of ether oxygens (including phenoxy) is 1. The molecule has 3 rings (SSSR count). The van der Waals surface area contributed by atoms with Gasteiger partial charge in [-0.25, -0.2) is 13.2 Å². The molecule has 9 heteroatoms. The average Bonchev–Trinajstić information content (AvgIpc) is 2.68. The lowest BCUT2D eigenvalue weighted by molar-refractivity contribution is -0.154. The van der Waals surface area contributed by atoms with Crippen LogP contribution < -0.4 is 0 Å². The van der Waals surface area contributed by atoms with Gasteiger partial charge in [0.2, 0.25) is 10.0 Å². The Morgan fingerprint density at radius 1 is 1.15 bits per heavy atom. The summed E-state index contributed by atoms with van der Waals surface area (Å²) in [5.41, 5.74) is 0.824. The van der Waals surface area contributed by atoms with Crippen molar-refractivity contribution in [3.8, 4) is 0 Å². The Labute approximate surface area is 158 Å². The first-order chi connectivity index (χ1) is 12.8. The number of rotatable bonds is 4. The molecule has 1 aromatic rings. The standard InChI is InChI=1S/C18H24N2O6S/c1-13-5-6-14(17(21)19-9-10-26-15(12-19)18(22)23)11-16(13)27(24,25)20-7-3-2-4-8-20/h5-6,11,15H,2-4,7-10,12H2,1H3,(H,22,23). The summed E-state index contributed by atoms with van der Waals surface area (Å²) in [6.07, 6.45) is 1.62. The van der Waals surface area contributed by atoms with Gasteiger partial charge in [-0.15, -0.1) is 0 Å². The van der Waals surface area contributed by atoms with E-state index in [0.29, 0.717) is 18.7 Å². The minimum atomic E-state index is -3.66. The summed E-state index contributed by atoms with van der Waals surface area (Å²) in [5, 5.41) is 9.09. The second-order valence-corrected chi connectivity index (χ2v) is 8.80. The molecule has 1 amide bonds. The van der Waals surface area contributed by atoms with Gasteiger partial charge in [-0.05, 0) is 37.5 Å². The van der Waals surface area contributed by atoms with Crippen LogP contribution in [0.3, 0.4) is 0 Å². The summed E-state index contributed by atoms with van der Waals surface area (Å²) in [7, 11) is -3.66. The number of sulfonamides is 1. The van der Waals surface area contributed by atoms with E-state index in [-0.39, 0.29) is 36.1 Å². The monoisotopic (exact) mass is 396 g/mol. The van der Waals surface area contributed by atoms with Crippen LogP contribution in [-0.4, -0.2) is 73.5 Å². The zero-order valence-electron chi connectivity index (χ0n) is 15.3. The normalized spacial score (nSPS) is 21.8. The lowest BCUT2D eigenvalue weighted by Gasteiger charge is -2.31. The number of benzene rings is 1. The number of hydrogen-bond donors (Lipinski definition) is 1. The Morgan fingerprint density at radius 3 is 2.52 bits per heavy atom. The summed E-state index contributed by atoms with van der Waals surface area (Å²) in [5.74, 6) is -1.51.